The highest BCUT2D eigenvalue weighted by Crippen LogP contribution is 2.32. The quantitative estimate of drug-likeness (QED) is 0.621. The fourth-order valence-corrected chi connectivity index (χ4v) is 3.36. The molecule has 156 valence electrons. The van der Waals surface area contributed by atoms with E-state index in [-0.39, 0.29) is 12.5 Å². The van der Waals surface area contributed by atoms with Crippen LogP contribution in [0.4, 0.5) is 5.69 Å². The highest BCUT2D eigenvalue weighted by molar-refractivity contribution is 5.92. The highest BCUT2D eigenvalue weighted by atomic mass is 16.5. The zero-order chi connectivity index (χ0) is 20.9. The maximum atomic E-state index is 12.3. The summed E-state index contributed by atoms with van der Waals surface area (Å²) >= 11 is 0. The molecule has 0 spiro atoms. The van der Waals surface area contributed by atoms with Gasteiger partial charge in [-0.1, -0.05) is 13.3 Å². The normalized spacial score (nSPS) is 13.0. The van der Waals surface area contributed by atoms with Crippen LogP contribution in [0.3, 0.4) is 0 Å². The number of ether oxygens (including phenoxy) is 3. The molecule has 30 heavy (non-hydrogen) atoms. The Labute approximate surface area is 173 Å². The van der Waals surface area contributed by atoms with Gasteiger partial charge in [0.05, 0.1) is 13.2 Å². The minimum absolute atomic E-state index is 0.182. The third-order valence-corrected chi connectivity index (χ3v) is 4.72. The lowest BCUT2D eigenvalue weighted by molar-refractivity contribution is -0.118. The van der Waals surface area contributed by atoms with E-state index in [1.807, 2.05) is 6.07 Å². The zero-order valence-corrected chi connectivity index (χ0v) is 16.7. The Hall–Kier alpha value is -3.48. The molecule has 2 heterocycles. The second-order valence-electron chi connectivity index (χ2n) is 7.05. The maximum Gasteiger partial charge on any atom is 0.336 e. The number of aryl methyl sites for hydroxylation is 1. The van der Waals surface area contributed by atoms with Gasteiger partial charge in [0.25, 0.3) is 5.91 Å². The summed E-state index contributed by atoms with van der Waals surface area (Å²) < 4.78 is 22.1. The smallest absolute Gasteiger partial charge is 0.336 e. The van der Waals surface area contributed by atoms with Crippen molar-refractivity contribution in [3.63, 3.8) is 0 Å². The molecule has 7 heteroatoms. The number of benzene rings is 2. The second-order valence-corrected chi connectivity index (χ2v) is 7.05. The molecule has 0 radical (unpaired) electrons. The molecule has 2 aromatic carbocycles. The van der Waals surface area contributed by atoms with Crippen molar-refractivity contribution in [3.8, 4) is 17.2 Å². The fraction of sp³-hybridized carbons (Fsp3) is 0.304. The predicted molar refractivity (Wildman–Crippen MR) is 113 cm³/mol. The summed E-state index contributed by atoms with van der Waals surface area (Å²) in [7, 11) is 0. The summed E-state index contributed by atoms with van der Waals surface area (Å²) in [5.41, 5.74) is 1.60. The van der Waals surface area contributed by atoms with Crippen molar-refractivity contribution < 1.29 is 23.4 Å². The molecule has 1 aromatic heterocycles. The van der Waals surface area contributed by atoms with E-state index in [9.17, 15) is 9.59 Å². The van der Waals surface area contributed by atoms with Crippen LogP contribution >= 0.6 is 0 Å². The number of carbonyl (C=O) groups is 1. The zero-order valence-electron chi connectivity index (χ0n) is 16.7. The van der Waals surface area contributed by atoms with Gasteiger partial charge < -0.3 is 23.9 Å². The molecule has 0 bridgehead atoms. The molecule has 0 atom stereocenters. The molecule has 0 saturated heterocycles. The van der Waals surface area contributed by atoms with Crippen LogP contribution in [0, 0.1) is 0 Å². The van der Waals surface area contributed by atoms with Gasteiger partial charge in [-0.25, -0.2) is 4.79 Å². The predicted octanol–water partition coefficient (Wildman–Crippen LogP) is 3.92. The standard InChI is InChI=1S/C23H23NO6/c1-2-4-15-11-23(26)30-20-13-17(6-7-18(15)20)29-14-22(25)24-16-5-8-19-21(12-16)28-10-3-9-27-19/h5-8,11-13H,2-4,9-10,14H2,1H3,(H,24,25). The molecular weight excluding hydrogens is 386 g/mol. The van der Waals surface area contributed by atoms with Crippen molar-refractivity contribution in [3.05, 3.63) is 58.4 Å². The number of nitrogens with one attached hydrogen (secondary N) is 1. The molecule has 1 aliphatic heterocycles. The van der Waals surface area contributed by atoms with E-state index in [0.29, 0.717) is 41.7 Å². The van der Waals surface area contributed by atoms with Crippen LogP contribution in [0.15, 0.2) is 51.7 Å². The van der Waals surface area contributed by atoms with Crippen LogP contribution in [-0.4, -0.2) is 25.7 Å². The monoisotopic (exact) mass is 409 g/mol. The Morgan fingerprint density at radius 1 is 1.07 bits per heavy atom. The largest absolute Gasteiger partial charge is 0.490 e. The summed E-state index contributed by atoms with van der Waals surface area (Å²) in [6, 6.07) is 12.0. The highest BCUT2D eigenvalue weighted by Gasteiger charge is 2.13. The number of anilines is 1. The van der Waals surface area contributed by atoms with Crippen molar-refractivity contribution in [2.24, 2.45) is 0 Å². The van der Waals surface area contributed by atoms with E-state index in [2.05, 4.69) is 12.2 Å². The SMILES string of the molecule is CCCc1cc(=O)oc2cc(OCC(=O)Nc3ccc4c(c3)OCCCO4)ccc12. The first-order valence-corrected chi connectivity index (χ1v) is 10.0. The summed E-state index contributed by atoms with van der Waals surface area (Å²) in [6.45, 7) is 3.06. The molecule has 0 unspecified atom stereocenters. The molecule has 4 rings (SSSR count). The van der Waals surface area contributed by atoms with E-state index >= 15 is 0 Å². The second kappa shape index (κ2) is 8.90. The topological polar surface area (TPSA) is 87.0 Å². The van der Waals surface area contributed by atoms with E-state index in [0.717, 1.165) is 30.2 Å². The number of rotatable bonds is 6. The summed E-state index contributed by atoms with van der Waals surface area (Å²) in [6.07, 6.45) is 2.53. The van der Waals surface area contributed by atoms with Crippen LogP contribution in [0.1, 0.15) is 25.3 Å². The average Bonchev–Trinajstić information content (AvgIpc) is 2.97. The first kappa shape index (κ1) is 19.8. The minimum atomic E-state index is -0.393. The van der Waals surface area contributed by atoms with Gasteiger partial charge in [0.15, 0.2) is 18.1 Å². The molecule has 0 fully saturated rings. The Morgan fingerprint density at radius 3 is 2.73 bits per heavy atom. The number of carbonyl (C=O) groups excluding carboxylic acids is 1. The first-order valence-electron chi connectivity index (χ1n) is 10.0. The van der Waals surface area contributed by atoms with Crippen molar-refractivity contribution in [2.75, 3.05) is 25.1 Å². The average molecular weight is 409 g/mol. The van der Waals surface area contributed by atoms with Gasteiger partial charge in [-0.15, -0.1) is 0 Å². The van der Waals surface area contributed by atoms with Crippen LogP contribution in [0.5, 0.6) is 17.2 Å². The van der Waals surface area contributed by atoms with Gasteiger partial charge in [-0.2, -0.15) is 0 Å². The van der Waals surface area contributed by atoms with Crippen LogP contribution < -0.4 is 25.2 Å². The van der Waals surface area contributed by atoms with E-state index in [4.69, 9.17) is 18.6 Å². The Morgan fingerprint density at radius 2 is 1.90 bits per heavy atom. The lowest BCUT2D eigenvalue weighted by Gasteiger charge is -2.11. The summed E-state index contributed by atoms with van der Waals surface area (Å²) in [5.74, 6) is 1.42. The van der Waals surface area contributed by atoms with Crippen LogP contribution in [0.2, 0.25) is 0 Å². The van der Waals surface area contributed by atoms with Gasteiger partial charge in [-0.05, 0) is 36.2 Å². The summed E-state index contributed by atoms with van der Waals surface area (Å²) in [5, 5.41) is 3.66. The van der Waals surface area contributed by atoms with Gasteiger partial charge >= 0.3 is 5.63 Å². The Kier molecular flexibility index (Phi) is 5.88. The Bertz CT molecular complexity index is 1120. The number of amides is 1. The molecule has 1 aliphatic rings. The van der Waals surface area contributed by atoms with E-state index < -0.39 is 5.63 Å². The molecule has 1 N–H and O–H groups in total. The molecule has 3 aromatic rings. The lowest BCUT2D eigenvalue weighted by atomic mass is 10.1. The molecule has 0 aliphatic carbocycles. The van der Waals surface area contributed by atoms with Crippen LogP contribution in [-0.2, 0) is 11.2 Å². The van der Waals surface area contributed by atoms with Gasteiger partial charge in [0.2, 0.25) is 0 Å². The minimum Gasteiger partial charge on any atom is -0.490 e. The molecular formula is C23H23NO6. The lowest BCUT2D eigenvalue weighted by Crippen LogP contribution is -2.20. The number of fused-ring (bicyclic) bond motifs is 2. The van der Waals surface area contributed by atoms with Crippen LogP contribution in [0.25, 0.3) is 11.0 Å². The van der Waals surface area contributed by atoms with E-state index in [1.165, 1.54) is 6.07 Å². The van der Waals surface area contributed by atoms with Crippen molar-refractivity contribution >= 4 is 22.6 Å². The maximum absolute atomic E-state index is 12.3. The van der Waals surface area contributed by atoms with Gasteiger partial charge in [-0.3, -0.25) is 4.79 Å². The Balaban J connectivity index is 1.42. The van der Waals surface area contributed by atoms with E-state index in [1.54, 1.807) is 30.3 Å². The number of hydrogen-bond acceptors (Lipinski definition) is 6. The summed E-state index contributed by atoms with van der Waals surface area (Å²) in [4.78, 5) is 24.1. The molecule has 0 saturated carbocycles. The molecule has 1 amide bonds. The molecule has 7 nitrogen and oxygen atoms in total. The fourth-order valence-electron chi connectivity index (χ4n) is 3.36. The van der Waals surface area contributed by atoms with Gasteiger partial charge in [0, 0.05) is 35.7 Å². The third-order valence-electron chi connectivity index (χ3n) is 4.72. The van der Waals surface area contributed by atoms with Crippen molar-refractivity contribution in [1.82, 2.24) is 0 Å². The van der Waals surface area contributed by atoms with Crippen molar-refractivity contribution in [2.45, 2.75) is 26.2 Å². The first-order chi connectivity index (χ1) is 14.6. The van der Waals surface area contributed by atoms with Gasteiger partial charge in [0.1, 0.15) is 11.3 Å². The van der Waals surface area contributed by atoms with Crippen molar-refractivity contribution in [1.29, 1.82) is 0 Å². The number of hydrogen-bond donors (Lipinski definition) is 1. The third kappa shape index (κ3) is 4.56.